The molecule has 0 spiro atoms. The Hall–Kier alpha value is -1.72. The van der Waals surface area contributed by atoms with Crippen LogP contribution in [0, 0.1) is 12.7 Å². The van der Waals surface area contributed by atoms with Crippen LogP contribution in [0.25, 0.3) is 0 Å². The summed E-state index contributed by atoms with van der Waals surface area (Å²) in [4.78, 5) is 11.4. The van der Waals surface area contributed by atoms with Crippen molar-refractivity contribution in [3.05, 3.63) is 57.0 Å². The van der Waals surface area contributed by atoms with Gasteiger partial charge in [-0.3, -0.25) is 0 Å². The van der Waals surface area contributed by atoms with Crippen LogP contribution in [0.2, 0.25) is 0 Å². The number of aryl methyl sites for hydroxylation is 1. The normalized spacial score (nSPS) is 14.1. The molecule has 0 fully saturated rings. The number of carboxylic acid groups (broad SMARTS) is 1. The Kier molecular flexibility index (Phi) is 3.43. The fourth-order valence-electron chi connectivity index (χ4n) is 1.88. The third-order valence-electron chi connectivity index (χ3n) is 3.07. The third kappa shape index (κ3) is 2.39. The molecule has 0 saturated carbocycles. The quantitative estimate of drug-likeness (QED) is 0.908. The minimum Gasteiger partial charge on any atom is -0.478 e. The van der Waals surface area contributed by atoms with Crippen molar-refractivity contribution in [2.24, 2.45) is 0 Å². The van der Waals surface area contributed by atoms with E-state index in [-0.39, 0.29) is 5.56 Å². The highest BCUT2D eigenvalue weighted by atomic mass is 32.1. The fraction of sp³-hybridized carbons (Fsp3) is 0.214. The average molecular weight is 280 g/mol. The molecule has 100 valence electrons. The summed E-state index contributed by atoms with van der Waals surface area (Å²) in [5.41, 5.74) is -0.683. The molecule has 19 heavy (non-hydrogen) atoms. The van der Waals surface area contributed by atoms with Crippen molar-refractivity contribution in [1.82, 2.24) is 0 Å². The van der Waals surface area contributed by atoms with Crippen molar-refractivity contribution in [3.63, 3.8) is 0 Å². The predicted octanol–water partition coefficient (Wildman–Crippen LogP) is 3.15. The smallest absolute Gasteiger partial charge is 0.336 e. The molecule has 0 aliphatic heterocycles. The summed E-state index contributed by atoms with van der Waals surface area (Å²) < 4.78 is 13.6. The van der Waals surface area contributed by atoms with Gasteiger partial charge in [0.05, 0.1) is 10.4 Å². The number of benzene rings is 1. The van der Waals surface area contributed by atoms with Crippen molar-refractivity contribution >= 4 is 17.3 Å². The standard InChI is InChI=1S/C14H13FO3S/c1-8-3-4-9(7-11(8)15)14(2,18)12-10(13(16)17)5-6-19-12/h3-7,18H,1-2H3,(H,16,17). The van der Waals surface area contributed by atoms with E-state index in [1.165, 1.54) is 19.1 Å². The Morgan fingerprint density at radius 3 is 2.63 bits per heavy atom. The minimum atomic E-state index is -1.53. The number of halogens is 1. The van der Waals surface area contributed by atoms with Crippen LogP contribution in [-0.4, -0.2) is 16.2 Å². The van der Waals surface area contributed by atoms with E-state index < -0.39 is 17.4 Å². The van der Waals surface area contributed by atoms with Crippen molar-refractivity contribution in [2.75, 3.05) is 0 Å². The van der Waals surface area contributed by atoms with E-state index in [2.05, 4.69) is 0 Å². The van der Waals surface area contributed by atoms with Gasteiger partial charge in [0.2, 0.25) is 0 Å². The molecule has 2 N–H and O–H groups in total. The summed E-state index contributed by atoms with van der Waals surface area (Å²) >= 11 is 1.14. The molecule has 1 aromatic carbocycles. The van der Waals surface area contributed by atoms with Gasteiger partial charge in [0, 0.05) is 0 Å². The van der Waals surface area contributed by atoms with Gasteiger partial charge in [0.1, 0.15) is 11.4 Å². The summed E-state index contributed by atoms with van der Waals surface area (Å²) in [5, 5.41) is 21.3. The van der Waals surface area contributed by atoms with Crippen molar-refractivity contribution in [2.45, 2.75) is 19.4 Å². The number of hydrogen-bond acceptors (Lipinski definition) is 3. The summed E-state index contributed by atoms with van der Waals surface area (Å²) in [6.45, 7) is 3.09. The molecule has 0 aliphatic carbocycles. The van der Waals surface area contributed by atoms with E-state index in [4.69, 9.17) is 5.11 Å². The number of thiophene rings is 1. The molecule has 0 radical (unpaired) electrons. The maximum atomic E-state index is 13.6. The molecule has 1 unspecified atom stereocenters. The molecule has 0 saturated heterocycles. The first-order chi connectivity index (χ1) is 8.84. The molecule has 0 aliphatic rings. The highest BCUT2D eigenvalue weighted by Crippen LogP contribution is 2.35. The van der Waals surface area contributed by atoms with Crippen LogP contribution >= 0.6 is 11.3 Å². The predicted molar refractivity (Wildman–Crippen MR) is 71.1 cm³/mol. The zero-order valence-corrected chi connectivity index (χ0v) is 11.3. The van der Waals surface area contributed by atoms with E-state index in [9.17, 15) is 14.3 Å². The van der Waals surface area contributed by atoms with Crippen molar-refractivity contribution in [1.29, 1.82) is 0 Å². The monoisotopic (exact) mass is 280 g/mol. The molecule has 3 nitrogen and oxygen atoms in total. The van der Waals surface area contributed by atoms with Gasteiger partial charge < -0.3 is 10.2 Å². The highest BCUT2D eigenvalue weighted by Gasteiger charge is 2.32. The first-order valence-corrected chi connectivity index (χ1v) is 6.52. The number of aliphatic hydroxyl groups is 1. The van der Waals surface area contributed by atoms with Gasteiger partial charge >= 0.3 is 5.97 Å². The lowest BCUT2D eigenvalue weighted by atomic mass is 9.91. The number of carboxylic acids is 1. The van der Waals surface area contributed by atoms with Crippen LogP contribution in [0.1, 0.15) is 33.3 Å². The van der Waals surface area contributed by atoms with Crippen LogP contribution in [0.15, 0.2) is 29.6 Å². The van der Waals surface area contributed by atoms with E-state index in [1.807, 2.05) is 0 Å². The molecular formula is C14H13FO3S. The number of aromatic carboxylic acids is 1. The lowest BCUT2D eigenvalue weighted by Gasteiger charge is -2.24. The SMILES string of the molecule is Cc1ccc(C(C)(O)c2sccc2C(=O)O)cc1F. The maximum absolute atomic E-state index is 13.6. The Morgan fingerprint density at radius 2 is 2.05 bits per heavy atom. The Bertz CT molecular complexity index is 631. The van der Waals surface area contributed by atoms with Gasteiger partial charge in [-0.25, -0.2) is 9.18 Å². The van der Waals surface area contributed by atoms with Gasteiger partial charge in [0.15, 0.2) is 0 Å². The average Bonchev–Trinajstić information content (AvgIpc) is 2.82. The molecule has 0 amide bonds. The van der Waals surface area contributed by atoms with Crippen LogP contribution in [0.4, 0.5) is 4.39 Å². The van der Waals surface area contributed by atoms with Crippen molar-refractivity contribution in [3.8, 4) is 0 Å². The van der Waals surface area contributed by atoms with Crippen LogP contribution in [-0.2, 0) is 5.60 Å². The first kappa shape index (κ1) is 13.7. The van der Waals surface area contributed by atoms with E-state index in [0.29, 0.717) is 16.0 Å². The molecule has 2 rings (SSSR count). The topological polar surface area (TPSA) is 57.5 Å². The van der Waals surface area contributed by atoms with E-state index in [1.54, 1.807) is 24.4 Å². The zero-order chi connectivity index (χ0) is 14.2. The van der Waals surface area contributed by atoms with Gasteiger partial charge in [-0.1, -0.05) is 12.1 Å². The summed E-state index contributed by atoms with van der Waals surface area (Å²) in [5.74, 6) is -1.53. The molecule has 0 bridgehead atoms. The molecule has 5 heteroatoms. The number of hydrogen-bond donors (Lipinski definition) is 2. The third-order valence-corrected chi connectivity index (χ3v) is 4.20. The molecule has 1 atom stereocenters. The molecular weight excluding hydrogens is 267 g/mol. The van der Waals surface area contributed by atoms with Crippen molar-refractivity contribution < 1.29 is 19.4 Å². The Labute approximate surface area is 114 Å². The second kappa shape index (κ2) is 4.75. The van der Waals surface area contributed by atoms with Gasteiger partial charge in [0.25, 0.3) is 0 Å². The Morgan fingerprint density at radius 1 is 1.37 bits per heavy atom. The highest BCUT2D eigenvalue weighted by molar-refractivity contribution is 7.10. The van der Waals surface area contributed by atoms with Crippen LogP contribution < -0.4 is 0 Å². The zero-order valence-electron chi connectivity index (χ0n) is 10.5. The molecule has 1 heterocycles. The van der Waals surface area contributed by atoms with Gasteiger partial charge in [-0.05, 0) is 42.5 Å². The van der Waals surface area contributed by atoms with Crippen LogP contribution in [0.3, 0.4) is 0 Å². The largest absolute Gasteiger partial charge is 0.478 e. The van der Waals surface area contributed by atoms with Gasteiger partial charge in [-0.2, -0.15) is 0 Å². The minimum absolute atomic E-state index is 0.0379. The maximum Gasteiger partial charge on any atom is 0.336 e. The van der Waals surface area contributed by atoms with Gasteiger partial charge in [-0.15, -0.1) is 11.3 Å². The van der Waals surface area contributed by atoms with Crippen LogP contribution in [0.5, 0.6) is 0 Å². The lowest BCUT2D eigenvalue weighted by molar-refractivity contribution is 0.0674. The molecule has 1 aromatic heterocycles. The fourth-order valence-corrected chi connectivity index (χ4v) is 2.85. The molecule has 2 aromatic rings. The second-order valence-electron chi connectivity index (χ2n) is 4.50. The summed E-state index contributed by atoms with van der Waals surface area (Å²) in [6, 6.07) is 5.83. The lowest BCUT2D eigenvalue weighted by Crippen LogP contribution is -2.24. The number of rotatable bonds is 3. The summed E-state index contributed by atoms with van der Waals surface area (Å²) in [7, 11) is 0. The first-order valence-electron chi connectivity index (χ1n) is 5.64. The van der Waals surface area contributed by atoms with E-state index >= 15 is 0 Å². The Balaban J connectivity index is 2.54. The second-order valence-corrected chi connectivity index (χ2v) is 5.42. The number of carbonyl (C=O) groups is 1. The van der Waals surface area contributed by atoms with E-state index in [0.717, 1.165) is 11.3 Å². The summed E-state index contributed by atoms with van der Waals surface area (Å²) in [6.07, 6.45) is 0.